The molecule has 1 aromatic rings. The largest absolute Gasteiger partial charge is 0.384 e. The van der Waals surface area contributed by atoms with Gasteiger partial charge >= 0.3 is 0 Å². The highest BCUT2D eigenvalue weighted by atomic mass is 35.5. The Morgan fingerprint density at radius 1 is 1.38 bits per heavy atom. The molecule has 0 saturated heterocycles. The molecule has 0 unspecified atom stereocenters. The zero-order valence-electron chi connectivity index (χ0n) is 12.4. The minimum absolute atomic E-state index is 0.147. The van der Waals surface area contributed by atoms with Crippen molar-refractivity contribution >= 4 is 17.5 Å². The highest BCUT2D eigenvalue weighted by molar-refractivity contribution is 6.32. The van der Waals surface area contributed by atoms with Gasteiger partial charge in [-0.2, -0.15) is 0 Å². The number of hydrogen-bond donors (Lipinski definition) is 2. The number of carbonyl (C=O) groups excluding carboxylic acids is 1. The Bertz CT molecular complexity index is 531. The second-order valence-corrected chi connectivity index (χ2v) is 4.84. The highest BCUT2D eigenvalue weighted by Gasteiger charge is 2.08. The van der Waals surface area contributed by atoms with Gasteiger partial charge in [0.15, 0.2) is 0 Å². The van der Waals surface area contributed by atoms with Crippen molar-refractivity contribution in [1.29, 1.82) is 0 Å². The molecule has 1 aromatic carbocycles. The summed E-state index contributed by atoms with van der Waals surface area (Å²) < 4.78 is 0. The van der Waals surface area contributed by atoms with Crippen LogP contribution in [0.4, 0.5) is 0 Å². The van der Waals surface area contributed by atoms with Gasteiger partial charge < -0.3 is 15.3 Å². The van der Waals surface area contributed by atoms with Crippen molar-refractivity contribution in [2.45, 2.75) is 13.8 Å². The molecule has 1 amide bonds. The Morgan fingerprint density at radius 3 is 2.67 bits per heavy atom. The van der Waals surface area contributed by atoms with Crippen LogP contribution in [0.25, 0.3) is 0 Å². The monoisotopic (exact) mass is 308 g/mol. The Kier molecular flexibility index (Phi) is 7.84. The number of rotatable bonds is 6. The summed E-state index contributed by atoms with van der Waals surface area (Å²) in [5, 5.41) is 11.9. The first-order valence-electron chi connectivity index (χ1n) is 7.02. The third kappa shape index (κ3) is 5.76. The smallest absolute Gasteiger partial charge is 0.251 e. The number of hydrogen-bond acceptors (Lipinski definition) is 3. The molecule has 0 aliphatic carbocycles. The number of nitrogens with zero attached hydrogens (tertiary/aromatic N) is 1. The van der Waals surface area contributed by atoms with E-state index in [2.05, 4.69) is 35.9 Å². The molecule has 114 valence electrons. The number of benzene rings is 1. The van der Waals surface area contributed by atoms with Gasteiger partial charge in [0.25, 0.3) is 5.91 Å². The van der Waals surface area contributed by atoms with Gasteiger partial charge in [-0.15, -0.1) is 0 Å². The van der Waals surface area contributed by atoms with Crippen LogP contribution in [0.15, 0.2) is 18.2 Å². The molecule has 0 radical (unpaired) electrons. The topological polar surface area (TPSA) is 52.6 Å². The Morgan fingerprint density at radius 2 is 2.10 bits per heavy atom. The van der Waals surface area contributed by atoms with E-state index in [0.29, 0.717) is 22.7 Å². The van der Waals surface area contributed by atoms with Crippen molar-refractivity contribution in [2.75, 3.05) is 32.8 Å². The molecule has 0 saturated carbocycles. The Balaban J connectivity index is 2.61. The third-order valence-electron chi connectivity index (χ3n) is 3.14. The van der Waals surface area contributed by atoms with Crippen LogP contribution in [0.5, 0.6) is 0 Å². The molecule has 0 heterocycles. The fraction of sp³-hybridized carbons (Fsp3) is 0.438. The Hall–Kier alpha value is -1.54. The van der Waals surface area contributed by atoms with Crippen LogP contribution in [0.2, 0.25) is 5.02 Å². The molecule has 4 nitrogen and oxygen atoms in total. The van der Waals surface area contributed by atoms with Crippen LogP contribution in [0.3, 0.4) is 0 Å². The predicted molar refractivity (Wildman–Crippen MR) is 85.5 cm³/mol. The first kappa shape index (κ1) is 17.5. The fourth-order valence-electron chi connectivity index (χ4n) is 1.86. The molecule has 21 heavy (non-hydrogen) atoms. The van der Waals surface area contributed by atoms with E-state index in [0.717, 1.165) is 19.6 Å². The first-order chi connectivity index (χ1) is 10.1. The summed E-state index contributed by atoms with van der Waals surface area (Å²) in [6.07, 6.45) is 0. The van der Waals surface area contributed by atoms with Crippen LogP contribution < -0.4 is 5.32 Å². The molecular formula is C16H21ClN2O2. The van der Waals surface area contributed by atoms with Crippen molar-refractivity contribution < 1.29 is 9.90 Å². The van der Waals surface area contributed by atoms with Crippen LogP contribution in [0.1, 0.15) is 29.8 Å². The van der Waals surface area contributed by atoms with Crippen LogP contribution >= 0.6 is 11.6 Å². The summed E-state index contributed by atoms with van der Waals surface area (Å²) in [5.41, 5.74) is 1.11. The van der Waals surface area contributed by atoms with E-state index in [1.54, 1.807) is 18.2 Å². The summed E-state index contributed by atoms with van der Waals surface area (Å²) >= 11 is 6.07. The first-order valence-corrected chi connectivity index (χ1v) is 7.40. The van der Waals surface area contributed by atoms with Crippen LogP contribution in [-0.4, -0.2) is 48.7 Å². The molecule has 0 aliphatic rings. The van der Waals surface area contributed by atoms with Gasteiger partial charge in [0.2, 0.25) is 0 Å². The molecule has 0 atom stereocenters. The van der Waals surface area contributed by atoms with E-state index in [9.17, 15) is 4.79 Å². The van der Waals surface area contributed by atoms with Gasteiger partial charge in [0, 0.05) is 24.2 Å². The molecular weight excluding hydrogens is 288 g/mol. The number of aliphatic hydroxyl groups is 1. The maximum Gasteiger partial charge on any atom is 0.251 e. The Labute approximate surface area is 131 Å². The van der Waals surface area contributed by atoms with Crippen molar-refractivity contribution in [1.82, 2.24) is 10.2 Å². The summed E-state index contributed by atoms with van der Waals surface area (Å²) in [7, 11) is 0. The maximum atomic E-state index is 12.0. The average Bonchev–Trinajstić information content (AvgIpc) is 2.50. The molecule has 0 aliphatic heterocycles. The second kappa shape index (κ2) is 9.41. The number of halogens is 1. The highest BCUT2D eigenvalue weighted by Crippen LogP contribution is 2.16. The maximum absolute atomic E-state index is 12.0. The van der Waals surface area contributed by atoms with Gasteiger partial charge in [-0.1, -0.05) is 37.3 Å². The third-order valence-corrected chi connectivity index (χ3v) is 3.45. The lowest BCUT2D eigenvalue weighted by Gasteiger charge is -2.18. The number of nitrogens with one attached hydrogen (secondary N) is 1. The van der Waals surface area contributed by atoms with Crippen molar-refractivity contribution in [3.05, 3.63) is 34.3 Å². The molecule has 0 spiro atoms. The molecule has 5 heteroatoms. The number of aliphatic hydroxyl groups excluding tert-OH is 1. The quantitative estimate of drug-likeness (QED) is 0.787. The predicted octanol–water partition coefficient (Wildman–Crippen LogP) is 1.76. The number of amides is 1. The molecule has 0 fully saturated rings. The summed E-state index contributed by atoms with van der Waals surface area (Å²) in [4.78, 5) is 14.3. The minimum Gasteiger partial charge on any atom is -0.384 e. The van der Waals surface area contributed by atoms with Crippen molar-refractivity contribution in [3.8, 4) is 11.8 Å². The second-order valence-electron chi connectivity index (χ2n) is 4.44. The van der Waals surface area contributed by atoms with Gasteiger partial charge in [0.05, 0.1) is 5.02 Å². The van der Waals surface area contributed by atoms with E-state index < -0.39 is 0 Å². The summed E-state index contributed by atoms with van der Waals surface area (Å²) in [6.45, 7) is 7.34. The van der Waals surface area contributed by atoms with Crippen LogP contribution in [-0.2, 0) is 0 Å². The zero-order chi connectivity index (χ0) is 15.7. The lowest BCUT2D eigenvalue weighted by molar-refractivity contribution is 0.0949. The van der Waals surface area contributed by atoms with Crippen molar-refractivity contribution in [2.24, 2.45) is 0 Å². The van der Waals surface area contributed by atoms with Gasteiger partial charge in [-0.05, 0) is 31.3 Å². The molecule has 2 N–H and O–H groups in total. The van der Waals surface area contributed by atoms with Crippen molar-refractivity contribution in [3.63, 3.8) is 0 Å². The SMILES string of the molecule is CCN(CC)CCNC(=O)c1ccc(C#CCO)c(Cl)c1. The fourth-order valence-corrected chi connectivity index (χ4v) is 2.09. The van der Waals surface area contributed by atoms with Crippen LogP contribution in [0, 0.1) is 11.8 Å². The van der Waals surface area contributed by atoms with E-state index in [1.165, 1.54) is 0 Å². The standard InChI is InChI=1S/C16H21ClN2O2/c1-3-19(4-2)10-9-18-16(21)14-8-7-13(6-5-11-20)15(17)12-14/h7-8,12,20H,3-4,9-11H2,1-2H3,(H,18,21). The number of likely N-dealkylation sites (N-methyl/N-ethyl adjacent to an activating group) is 1. The summed E-state index contributed by atoms with van der Waals surface area (Å²) in [6, 6.07) is 4.96. The lowest BCUT2D eigenvalue weighted by atomic mass is 10.1. The zero-order valence-corrected chi connectivity index (χ0v) is 13.2. The van der Waals surface area contributed by atoms with E-state index in [1.807, 2.05) is 0 Å². The van der Waals surface area contributed by atoms with Gasteiger partial charge in [-0.25, -0.2) is 0 Å². The molecule has 0 bridgehead atoms. The van der Waals surface area contributed by atoms with E-state index in [-0.39, 0.29) is 12.5 Å². The normalized spacial score (nSPS) is 10.1. The minimum atomic E-state index is -0.218. The summed E-state index contributed by atoms with van der Waals surface area (Å²) in [5.74, 6) is 5.11. The molecule has 0 aromatic heterocycles. The number of carbonyl (C=O) groups is 1. The van der Waals surface area contributed by atoms with E-state index >= 15 is 0 Å². The molecule has 1 rings (SSSR count). The van der Waals surface area contributed by atoms with Gasteiger partial charge in [-0.3, -0.25) is 4.79 Å². The lowest BCUT2D eigenvalue weighted by Crippen LogP contribution is -2.34. The van der Waals surface area contributed by atoms with Gasteiger partial charge in [0.1, 0.15) is 6.61 Å². The van der Waals surface area contributed by atoms with E-state index in [4.69, 9.17) is 16.7 Å². The average molecular weight is 309 g/mol.